The van der Waals surface area contributed by atoms with Crippen molar-refractivity contribution in [1.82, 2.24) is 9.97 Å². The number of aromatic nitrogens is 2. The van der Waals surface area contributed by atoms with Crippen LogP contribution in [0.25, 0.3) is 0 Å². The summed E-state index contributed by atoms with van der Waals surface area (Å²) in [6.45, 7) is 0. The van der Waals surface area contributed by atoms with E-state index >= 15 is 0 Å². The highest BCUT2D eigenvalue weighted by Crippen LogP contribution is 2.31. The van der Waals surface area contributed by atoms with Crippen molar-refractivity contribution >= 4 is 50.6 Å². The van der Waals surface area contributed by atoms with Crippen LogP contribution in [0.3, 0.4) is 0 Å². The van der Waals surface area contributed by atoms with E-state index in [1.165, 1.54) is 6.33 Å². The SMILES string of the molecule is N#Cc1ccc(Nc2ncnc(Cl)c2Br)c(Cl)c1. The first-order chi connectivity index (χ1) is 8.61. The molecule has 0 fully saturated rings. The largest absolute Gasteiger partial charge is 0.338 e. The number of hydrogen-bond acceptors (Lipinski definition) is 4. The van der Waals surface area contributed by atoms with Gasteiger partial charge < -0.3 is 5.32 Å². The molecule has 0 aliphatic carbocycles. The van der Waals surface area contributed by atoms with Gasteiger partial charge in [0, 0.05) is 0 Å². The van der Waals surface area contributed by atoms with Crippen LogP contribution >= 0.6 is 39.1 Å². The molecule has 90 valence electrons. The van der Waals surface area contributed by atoms with Crippen LogP contribution in [0.4, 0.5) is 11.5 Å². The Kier molecular flexibility index (Phi) is 4.02. The van der Waals surface area contributed by atoms with Crippen molar-refractivity contribution in [2.24, 2.45) is 0 Å². The molecule has 0 saturated carbocycles. The van der Waals surface area contributed by atoms with Gasteiger partial charge in [-0.15, -0.1) is 0 Å². The molecule has 2 rings (SSSR count). The molecule has 1 aromatic heterocycles. The summed E-state index contributed by atoms with van der Waals surface area (Å²) in [7, 11) is 0. The van der Waals surface area contributed by atoms with Gasteiger partial charge in [-0.3, -0.25) is 0 Å². The van der Waals surface area contributed by atoms with Gasteiger partial charge >= 0.3 is 0 Å². The smallest absolute Gasteiger partial charge is 0.149 e. The first-order valence-electron chi connectivity index (χ1n) is 4.74. The molecule has 2 aromatic rings. The van der Waals surface area contributed by atoms with E-state index in [0.717, 1.165) is 0 Å². The molecule has 7 heteroatoms. The number of rotatable bonds is 2. The summed E-state index contributed by atoms with van der Waals surface area (Å²) in [6, 6.07) is 6.94. The zero-order valence-electron chi connectivity index (χ0n) is 8.78. The average molecular weight is 344 g/mol. The fraction of sp³-hybridized carbons (Fsp3) is 0. The number of anilines is 2. The lowest BCUT2D eigenvalue weighted by molar-refractivity contribution is 1.15. The van der Waals surface area contributed by atoms with E-state index in [4.69, 9.17) is 28.5 Å². The monoisotopic (exact) mass is 342 g/mol. The van der Waals surface area contributed by atoms with Gasteiger partial charge in [-0.25, -0.2) is 9.97 Å². The number of nitrogens with one attached hydrogen (secondary N) is 1. The lowest BCUT2D eigenvalue weighted by Crippen LogP contribution is -1.97. The first-order valence-corrected chi connectivity index (χ1v) is 6.29. The predicted molar refractivity (Wildman–Crippen MR) is 74.2 cm³/mol. The Morgan fingerprint density at radius 3 is 2.72 bits per heavy atom. The minimum absolute atomic E-state index is 0.303. The minimum atomic E-state index is 0.303. The van der Waals surface area contributed by atoms with E-state index in [1.807, 2.05) is 6.07 Å². The quantitative estimate of drug-likeness (QED) is 0.831. The molecule has 0 radical (unpaired) electrons. The van der Waals surface area contributed by atoms with E-state index in [2.05, 4.69) is 31.2 Å². The Morgan fingerprint density at radius 2 is 2.06 bits per heavy atom. The van der Waals surface area contributed by atoms with Crippen molar-refractivity contribution in [3.63, 3.8) is 0 Å². The summed E-state index contributed by atoms with van der Waals surface area (Å²) in [5.74, 6) is 0.501. The highest BCUT2D eigenvalue weighted by molar-refractivity contribution is 9.10. The number of halogens is 3. The third-order valence-corrected chi connectivity index (χ3v) is 3.68. The van der Waals surface area contributed by atoms with Crippen molar-refractivity contribution in [3.8, 4) is 6.07 Å². The van der Waals surface area contributed by atoms with E-state index in [-0.39, 0.29) is 0 Å². The van der Waals surface area contributed by atoms with Crippen LogP contribution in [0.15, 0.2) is 29.0 Å². The number of benzene rings is 1. The molecule has 18 heavy (non-hydrogen) atoms. The molecule has 0 spiro atoms. The molecular weight excluding hydrogens is 339 g/mol. The molecular formula is C11H5BrCl2N4. The fourth-order valence-corrected chi connectivity index (χ4v) is 1.91. The van der Waals surface area contributed by atoms with Crippen molar-refractivity contribution in [2.45, 2.75) is 0 Å². The van der Waals surface area contributed by atoms with Crippen LogP contribution in [-0.2, 0) is 0 Å². The van der Waals surface area contributed by atoms with Crippen LogP contribution in [0, 0.1) is 11.3 Å². The zero-order valence-corrected chi connectivity index (χ0v) is 11.9. The number of hydrogen-bond donors (Lipinski definition) is 1. The molecule has 0 aliphatic rings. The highest BCUT2D eigenvalue weighted by atomic mass is 79.9. The van der Waals surface area contributed by atoms with Crippen LogP contribution in [-0.4, -0.2) is 9.97 Å². The normalized spacial score (nSPS) is 9.89. The zero-order chi connectivity index (χ0) is 13.1. The summed E-state index contributed by atoms with van der Waals surface area (Å²) in [6.07, 6.45) is 1.34. The maximum absolute atomic E-state index is 8.75. The van der Waals surface area contributed by atoms with E-state index in [0.29, 0.717) is 31.7 Å². The van der Waals surface area contributed by atoms with Crippen LogP contribution in [0.5, 0.6) is 0 Å². The van der Waals surface area contributed by atoms with Crippen LogP contribution < -0.4 is 5.32 Å². The van der Waals surface area contributed by atoms with Gasteiger partial charge in [0.2, 0.25) is 0 Å². The number of nitriles is 1. The second kappa shape index (κ2) is 5.53. The van der Waals surface area contributed by atoms with Gasteiger partial charge in [-0.05, 0) is 34.1 Å². The van der Waals surface area contributed by atoms with E-state index < -0.39 is 0 Å². The van der Waals surface area contributed by atoms with Gasteiger partial charge in [0.05, 0.1) is 26.8 Å². The van der Waals surface area contributed by atoms with Gasteiger partial charge in [0.25, 0.3) is 0 Å². The number of nitrogens with zero attached hydrogens (tertiary/aromatic N) is 3. The highest BCUT2D eigenvalue weighted by Gasteiger charge is 2.09. The molecule has 0 unspecified atom stereocenters. The van der Waals surface area contributed by atoms with Gasteiger partial charge in [-0.1, -0.05) is 23.2 Å². The Bertz CT molecular complexity index is 639. The van der Waals surface area contributed by atoms with Gasteiger partial charge in [0.1, 0.15) is 17.3 Å². The molecule has 1 heterocycles. The van der Waals surface area contributed by atoms with Gasteiger partial charge in [0.15, 0.2) is 0 Å². The summed E-state index contributed by atoms with van der Waals surface area (Å²) in [4.78, 5) is 7.86. The average Bonchev–Trinajstić information content (AvgIpc) is 2.37. The van der Waals surface area contributed by atoms with Crippen molar-refractivity contribution in [3.05, 3.63) is 44.7 Å². The maximum Gasteiger partial charge on any atom is 0.149 e. The molecule has 0 atom stereocenters. The third kappa shape index (κ3) is 2.72. The second-order valence-electron chi connectivity index (χ2n) is 3.26. The van der Waals surface area contributed by atoms with Gasteiger partial charge in [-0.2, -0.15) is 5.26 Å². The first kappa shape index (κ1) is 13.1. The lowest BCUT2D eigenvalue weighted by Gasteiger charge is -2.09. The second-order valence-corrected chi connectivity index (χ2v) is 4.82. The Morgan fingerprint density at radius 1 is 1.28 bits per heavy atom. The third-order valence-electron chi connectivity index (χ3n) is 2.10. The standard InChI is InChI=1S/C11H5BrCl2N4/c12-9-10(14)16-5-17-11(9)18-8-2-1-6(4-15)3-7(8)13/h1-3,5H,(H,16,17,18). The Hall–Kier alpha value is -1.35. The van der Waals surface area contributed by atoms with Crippen molar-refractivity contribution < 1.29 is 0 Å². The summed E-state index contributed by atoms with van der Waals surface area (Å²) in [5.41, 5.74) is 1.12. The van der Waals surface area contributed by atoms with E-state index in [1.54, 1.807) is 18.2 Å². The molecule has 0 aliphatic heterocycles. The summed E-state index contributed by atoms with van der Waals surface area (Å²) in [5, 5.41) is 12.5. The Balaban J connectivity index is 2.35. The predicted octanol–water partition coefficient (Wildman–Crippen LogP) is 4.16. The molecule has 1 N–H and O–H groups in total. The maximum atomic E-state index is 8.75. The molecule has 1 aromatic carbocycles. The molecule has 4 nitrogen and oxygen atoms in total. The Labute approximate surface area is 122 Å². The molecule has 0 bridgehead atoms. The van der Waals surface area contributed by atoms with Crippen LogP contribution in [0.1, 0.15) is 5.56 Å². The fourth-order valence-electron chi connectivity index (χ4n) is 1.25. The van der Waals surface area contributed by atoms with E-state index in [9.17, 15) is 0 Å². The lowest BCUT2D eigenvalue weighted by atomic mass is 10.2. The van der Waals surface area contributed by atoms with Crippen LogP contribution in [0.2, 0.25) is 10.2 Å². The molecule has 0 saturated heterocycles. The minimum Gasteiger partial charge on any atom is -0.338 e. The summed E-state index contributed by atoms with van der Waals surface area (Å²) >= 11 is 15.2. The topological polar surface area (TPSA) is 61.6 Å². The molecule has 0 amide bonds. The van der Waals surface area contributed by atoms with Crippen molar-refractivity contribution in [1.29, 1.82) is 5.26 Å². The van der Waals surface area contributed by atoms with Crippen molar-refractivity contribution in [2.75, 3.05) is 5.32 Å². The summed E-state index contributed by atoms with van der Waals surface area (Å²) < 4.78 is 0.548.